The molecule has 0 aromatic rings. The van der Waals surface area contributed by atoms with Gasteiger partial charge in [-0.1, -0.05) is 15.9 Å². The predicted octanol–water partition coefficient (Wildman–Crippen LogP) is 2.95. The van der Waals surface area contributed by atoms with Crippen LogP contribution < -0.4 is 0 Å². The van der Waals surface area contributed by atoms with Gasteiger partial charge in [-0.25, -0.2) is 0 Å². The maximum atomic E-state index is 12.6. The molecule has 0 aromatic heterocycles. The number of hydrogen-bond acceptors (Lipinski definition) is 2. The van der Waals surface area contributed by atoms with Gasteiger partial charge >= 0.3 is 0 Å². The molecule has 4 aliphatic carbocycles. The van der Waals surface area contributed by atoms with Gasteiger partial charge in [-0.15, -0.1) is 0 Å². The molecule has 0 saturated heterocycles. The van der Waals surface area contributed by atoms with Gasteiger partial charge in [0.1, 0.15) is 0 Å². The molecule has 0 heterocycles. The molecule has 0 aromatic carbocycles. The van der Waals surface area contributed by atoms with E-state index >= 15 is 0 Å². The summed E-state index contributed by atoms with van der Waals surface area (Å²) in [7, 11) is 0. The number of carbonyl (C=O) groups excluding carboxylic acids is 1. The van der Waals surface area contributed by atoms with E-state index in [1.807, 2.05) is 11.8 Å². The van der Waals surface area contributed by atoms with Crippen LogP contribution in [-0.2, 0) is 4.79 Å². The fourth-order valence-corrected chi connectivity index (χ4v) is 7.07. The number of amides is 1. The zero-order valence-corrected chi connectivity index (χ0v) is 14.0. The first-order valence-electron chi connectivity index (χ1n) is 8.05. The Kier molecular flexibility index (Phi) is 3.91. The lowest BCUT2D eigenvalue weighted by atomic mass is 9.48. The van der Waals surface area contributed by atoms with Crippen LogP contribution in [0.5, 0.6) is 0 Å². The summed E-state index contributed by atoms with van der Waals surface area (Å²) in [5.74, 6) is 1.91. The Hall–Kier alpha value is -0.0900. The smallest absolute Gasteiger partial charge is 0.223 e. The van der Waals surface area contributed by atoms with E-state index in [1.165, 1.54) is 38.5 Å². The van der Waals surface area contributed by atoms with Crippen molar-refractivity contribution in [2.75, 3.05) is 19.7 Å². The number of carbonyl (C=O) groups is 1. The van der Waals surface area contributed by atoms with Crippen molar-refractivity contribution in [2.24, 2.45) is 17.3 Å². The van der Waals surface area contributed by atoms with Crippen LogP contribution in [-0.4, -0.2) is 39.9 Å². The van der Waals surface area contributed by atoms with Crippen molar-refractivity contribution in [2.45, 2.75) is 56.2 Å². The number of alkyl halides is 1. The Morgan fingerprint density at radius 1 is 1.30 bits per heavy atom. The first-order valence-corrected chi connectivity index (χ1v) is 8.84. The van der Waals surface area contributed by atoms with Gasteiger partial charge in [-0.05, 0) is 62.7 Å². The normalized spacial score (nSPS) is 42.0. The lowest BCUT2D eigenvalue weighted by Crippen LogP contribution is -2.54. The monoisotopic (exact) mass is 343 g/mol. The molecule has 2 unspecified atom stereocenters. The van der Waals surface area contributed by atoms with Crippen LogP contribution in [0, 0.1) is 17.3 Å². The number of aliphatic hydroxyl groups excluding tert-OH is 1. The maximum absolute atomic E-state index is 12.6. The minimum absolute atomic E-state index is 0.0697. The van der Waals surface area contributed by atoms with E-state index in [0.29, 0.717) is 23.8 Å². The third-order valence-electron chi connectivity index (χ3n) is 5.74. The first kappa shape index (κ1) is 14.8. The Balaban J connectivity index is 1.72. The minimum Gasteiger partial charge on any atom is -0.395 e. The number of aliphatic hydroxyl groups is 1. The first-order chi connectivity index (χ1) is 9.47. The second kappa shape index (κ2) is 5.28. The summed E-state index contributed by atoms with van der Waals surface area (Å²) in [6.45, 7) is 3.26. The number of rotatable bonds is 5. The topological polar surface area (TPSA) is 40.5 Å². The van der Waals surface area contributed by atoms with Crippen molar-refractivity contribution < 1.29 is 9.90 Å². The molecule has 3 nitrogen and oxygen atoms in total. The third kappa shape index (κ3) is 2.66. The highest BCUT2D eigenvalue weighted by Gasteiger charge is 2.57. The van der Waals surface area contributed by atoms with Gasteiger partial charge in [0.05, 0.1) is 6.61 Å². The molecule has 1 N–H and O–H groups in total. The summed E-state index contributed by atoms with van der Waals surface area (Å²) in [4.78, 5) is 14.4. The summed E-state index contributed by atoms with van der Waals surface area (Å²) in [6.07, 6.45) is 8.38. The molecular formula is C16H26BrNO2. The van der Waals surface area contributed by atoms with Crippen LogP contribution in [0.25, 0.3) is 0 Å². The van der Waals surface area contributed by atoms with Crippen molar-refractivity contribution in [3.8, 4) is 0 Å². The summed E-state index contributed by atoms with van der Waals surface area (Å²) in [5, 5.41) is 9.09. The molecule has 4 saturated carbocycles. The zero-order valence-electron chi connectivity index (χ0n) is 12.4. The van der Waals surface area contributed by atoms with Crippen LogP contribution >= 0.6 is 15.9 Å². The molecule has 4 fully saturated rings. The van der Waals surface area contributed by atoms with E-state index < -0.39 is 0 Å². The number of halogens is 1. The van der Waals surface area contributed by atoms with Crippen molar-refractivity contribution >= 4 is 21.8 Å². The molecule has 4 bridgehead atoms. The molecule has 0 aliphatic heterocycles. The highest BCUT2D eigenvalue weighted by molar-refractivity contribution is 9.10. The number of hydrogen-bond donors (Lipinski definition) is 1. The average molecular weight is 344 g/mol. The Morgan fingerprint density at radius 3 is 2.45 bits per heavy atom. The van der Waals surface area contributed by atoms with Gasteiger partial charge in [0.15, 0.2) is 0 Å². The van der Waals surface area contributed by atoms with Gasteiger partial charge in [0, 0.05) is 23.8 Å². The van der Waals surface area contributed by atoms with Gasteiger partial charge in [0.2, 0.25) is 5.91 Å². The molecule has 0 radical (unpaired) electrons. The second-order valence-corrected chi connectivity index (χ2v) is 9.17. The molecule has 4 rings (SSSR count). The van der Waals surface area contributed by atoms with Gasteiger partial charge < -0.3 is 10.0 Å². The lowest BCUT2D eigenvalue weighted by Gasteiger charge is -2.60. The van der Waals surface area contributed by atoms with Crippen molar-refractivity contribution in [3.63, 3.8) is 0 Å². The van der Waals surface area contributed by atoms with Crippen LogP contribution in [0.15, 0.2) is 0 Å². The predicted molar refractivity (Wildman–Crippen MR) is 82.7 cm³/mol. The Morgan fingerprint density at radius 2 is 1.95 bits per heavy atom. The van der Waals surface area contributed by atoms with Crippen molar-refractivity contribution in [1.82, 2.24) is 4.90 Å². The van der Waals surface area contributed by atoms with Crippen LogP contribution in [0.4, 0.5) is 0 Å². The van der Waals surface area contributed by atoms with Gasteiger partial charge in [-0.2, -0.15) is 0 Å². The molecule has 4 aliphatic rings. The van der Waals surface area contributed by atoms with E-state index in [4.69, 9.17) is 5.11 Å². The average Bonchev–Trinajstić information content (AvgIpc) is 2.31. The minimum atomic E-state index is 0.0697. The summed E-state index contributed by atoms with van der Waals surface area (Å²) in [6, 6.07) is 0. The van der Waals surface area contributed by atoms with Crippen LogP contribution in [0.2, 0.25) is 0 Å². The highest BCUT2D eigenvalue weighted by atomic mass is 79.9. The van der Waals surface area contributed by atoms with E-state index in [2.05, 4.69) is 15.9 Å². The van der Waals surface area contributed by atoms with E-state index in [1.54, 1.807) is 0 Å². The van der Waals surface area contributed by atoms with Gasteiger partial charge in [-0.3, -0.25) is 4.79 Å². The zero-order chi connectivity index (χ0) is 14.4. The maximum Gasteiger partial charge on any atom is 0.223 e. The SMILES string of the molecule is CCN(CCO)C(=O)CC12CC3CC(CC(Br)(C3)C1)C2. The number of likely N-dealkylation sites (N-methyl/N-ethyl adjacent to an activating group) is 1. The van der Waals surface area contributed by atoms with Crippen LogP contribution in [0.1, 0.15) is 51.9 Å². The van der Waals surface area contributed by atoms with Crippen molar-refractivity contribution in [3.05, 3.63) is 0 Å². The van der Waals surface area contributed by atoms with E-state index in [9.17, 15) is 4.79 Å². The van der Waals surface area contributed by atoms with Gasteiger partial charge in [0.25, 0.3) is 0 Å². The molecule has 114 valence electrons. The largest absolute Gasteiger partial charge is 0.395 e. The Labute approximate surface area is 130 Å². The van der Waals surface area contributed by atoms with E-state index in [-0.39, 0.29) is 17.9 Å². The molecular weight excluding hydrogens is 318 g/mol. The molecule has 0 spiro atoms. The molecule has 20 heavy (non-hydrogen) atoms. The Bertz CT molecular complexity index is 384. The second-order valence-electron chi connectivity index (χ2n) is 7.49. The lowest BCUT2D eigenvalue weighted by molar-refractivity contribution is -0.138. The molecule has 1 amide bonds. The van der Waals surface area contributed by atoms with Crippen molar-refractivity contribution in [1.29, 1.82) is 0 Å². The third-order valence-corrected chi connectivity index (χ3v) is 6.67. The summed E-state index contributed by atoms with van der Waals surface area (Å²) >= 11 is 4.00. The fourth-order valence-electron chi connectivity index (χ4n) is 5.56. The summed E-state index contributed by atoms with van der Waals surface area (Å²) < 4.78 is 0.325. The summed E-state index contributed by atoms with van der Waals surface area (Å²) in [5.41, 5.74) is 0.244. The fraction of sp³-hybridized carbons (Fsp3) is 0.938. The standard InChI is InChI=1S/C16H26BrNO2/c1-2-18(3-4-19)14(20)10-15-6-12-5-13(7-15)9-16(17,8-12)11-15/h12-13,19H,2-11H2,1H3. The van der Waals surface area contributed by atoms with Crippen LogP contribution in [0.3, 0.4) is 0 Å². The quantitative estimate of drug-likeness (QED) is 0.779. The molecule has 2 atom stereocenters. The van der Waals surface area contributed by atoms with E-state index in [0.717, 1.165) is 11.8 Å². The molecule has 4 heteroatoms. The highest BCUT2D eigenvalue weighted by Crippen LogP contribution is 2.65. The number of nitrogens with zero attached hydrogens (tertiary/aromatic N) is 1.